The molecule has 0 unspecified atom stereocenters. The summed E-state index contributed by atoms with van der Waals surface area (Å²) in [6, 6.07) is 7.12. The molecule has 0 atom stereocenters. The van der Waals surface area contributed by atoms with Crippen LogP contribution in [0.2, 0.25) is 0 Å². The number of aliphatic hydroxyl groups excluding tert-OH is 2. The summed E-state index contributed by atoms with van der Waals surface area (Å²) >= 11 is 1.48. The van der Waals surface area contributed by atoms with Crippen LogP contribution >= 0.6 is 11.3 Å². The summed E-state index contributed by atoms with van der Waals surface area (Å²) in [5.41, 5.74) is 6.48. The van der Waals surface area contributed by atoms with E-state index in [0.717, 1.165) is 22.0 Å². The van der Waals surface area contributed by atoms with Gasteiger partial charge in [-0.1, -0.05) is 0 Å². The number of fused-ring (bicyclic) bond motifs is 1. The fourth-order valence-corrected chi connectivity index (χ4v) is 4.55. The van der Waals surface area contributed by atoms with Crippen LogP contribution < -0.4 is 15.2 Å². The second kappa shape index (κ2) is 10.7. The number of hydrogen-bond donors (Lipinski definition) is 3. The monoisotopic (exact) mass is 540 g/mol. The molecule has 3 heterocycles. The van der Waals surface area contributed by atoms with Crippen molar-refractivity contribution in [2.24, 2.45) is 0 Å². The van der Waals surface area contributed by atoms with Gasteiger partial charge in [-0.05, 0) is 19.1 Å². The maximum atomic E-state index is 15.3. The summed E-state index contributed by atoms with van der Waals surface area (Å²) in [5, 5.41) is 24.8. The standard InChI is InChI=1S/C25H22F2N6O4S/c1-13-29-8-19(38-13)11-36-17-4-14(26)5-18(6-17)37-16-2-3-20(21(27)7-16)23-22-24(28)30-12-31-25(22)33(32-23)15(9-34)10-35/h2-8,12,15,34-35H,9-11H2,1H3,(H2,28,30,31). The van der Waals surface area contributed by atoms with E-state index in [4.69, 9.17) is 15.2 Å². The highest BCUT2D eigenvalue weighted by Crippen LogP contribution is 2.35. The highest BCUT2D eigenvalue weighted by atomic mass is 32.1. The average molecular weight is 541 g/mol. The lowest BCUT2D eigenvalue weighted by molar-refractivity contribution is 0.149. The van der Waals surface area contributed by atoms with E-state index in [1.165, 1.54) is 46.6 Å². The normalized spacial score (nSPS) is 11.4. The van der Waals surface area contributed by atoms with Crippen molar-refractivity contribution < 1.29 is 28.5 Å². The number of ether oxygens (including phenoxy) is 2. The summed E-state index contributed by atoms with van der Waals surface area (Å²) in [5.74, 6) is -0.740. The average Bonchev–Trinajstić information content (AvgIpc) is 3.48. The number of benzene rings is 2. The van der Waals surface area contributed by atoms with Gasteiger partial charge in [0.2, 0.25) is 0 Å². The molecule has 0 amide bonds. The Hall–Kier alpha value is -4.20. The first-order chi connectivity index (χ1) is 18.4. The first-order valence-corrected chi connectivity index (χ1v) is 12.2. The summed E-state index contributed by atoms with van der Waals surface area (Å²) in [6.07, 6.45) is 2.91. The Labute approximate surface area is 219 Å². The Kier molecular flexibility index (Phi) is 7.13. The lowest BCUT2D eigenvalue weighted by atomic mass is 10.1. The lowest BCUT2D eigenvalue weighted by Crippen LogP contribution is -2.19. The molecule has 0 aliphatic carbocycles. The number of nitrogens with two attached hydrogens (primary N) is 1. The second-order valence-corrected chi connectivity index (χ2v) is 9.59. The molecule has 13 heteroatoms. The second-order valence-electron chi connectivity index (χ2n) is 8.27. The summed E-state index contributed by atoms with van der Waals surface area (Å²) in [6.45, 7) is 1.26. The topological polar surface area (TPSA) is 141 Å². The van der Waals surface area contributed by atoms with E-state index >= 15 is 4.39 Å². The molecule has 0 aliphatic rings. The minimum atomic E-state index is -0.810. The molecule has 0 saturated carbocycles. The maximum absolute atomic E-state index is 15.3. The van der Waals surface area contributed by atoms with Crippen molar-refractivity contribution >= 4 is 28.2 Å². The van der Waals surface area contributed by atoms with Gasteiger partial charge in [0.1, 0.15) is 59.4 Å². The van der Waals surface area contributed by atoms with Crippen LogP contribution in [0.5, 0.6) is 17.2 Å². The summed E-state index contributed by atoms with van der Waals surface area (Å²) < 4.78 is 42.2. The van der Waals surface area contributed by atoms with Crippen LogP contribution in [0.4, 0.5) is 14.6 Å². The third-order valence-electron chi connectivity index (χ3n) is 5.61. The zero-order valence-electron chi connectivity index (χ0n) is 20.0. The van der Waals surface area contributed by atoms with Crippen LogP contribution in [-0.2, 0) is 6.61 Å². The fraction of sp³-hybridized carbons (Fsp3) is 0.200. The molecular formula is C25H22F2N6O4S. The zero-order valence-corrected chi connectivity index (χ0v) is 20.8. The molecule has 38 heavy (non-hydrogen) atoms. The number of aryl methyl sites for hydroxylation is 1. The van der Waals surface area contributed by atoms with E-state index in [0.29, 0.717) is 0 Å². The van der Waals surface area contributed by atoms with E-state index in [2.05, 4.69) is 20.1 Å². The van der Waals surface area contributed by atoms with Gasteiger partial charge in [0.25, 0.3) is 0 Å². The third-order valence-corrected chi connectivity index (χ3v) is 6.50. The largest absolute Gasteiger partial charge is 0.488 e. The zero-order chi connectivity index (χ0) is 26.8. The molecule has 0 aliphatic heterocycles. The minimum Gasteiger partial charge on any atom is -0.488 e. The van der Waals surface area contributed by atoms with Crippen molar-refractivity contribution in [2.45, 2.75) is 19.6 Å². The van der Waals surface area contributed by atoms with E-state index < -0.39 is 30.9 Å². The molecule has 0 spiro atoms. The molecular weight excluding hydrogens is 518 g/mol. The van der Waals surface area contributed by atoms with E-state index in [1.54, 1.807) is 6.20 Å². The van der Waals surface area contributed by atoms with E-state index in [-0.39, 0.29) is 52.0 Å². The number of hydrogen-bond acceptors (Lipinski definition) is 10. The van der Waals surface area contributed by atoms with Crippen molar-refractivity contribution in [1.29, 1.82) is 0 Å². The minimum absolute atomic E-state index is 0.0615. The molecule has 3 aromatic heterocycles. The number of anilines is 1. The van der Waals surface area contributed by atoms with Crippen molar-refractivity contribution in [3.05, 3.63) is 70.4 Å². The maximum Gasteiger partial charge on any atom is 0.164 e. The summed E-state index contributed by atoms with van der Waals surface area (Å²) in [4.78, 5) is 13.2. The first-order valence-electron chi connectivity index (χ1n) is 11.4. The van der Waals surface area contributed by atoms with Crippen molar-refractivity contribution in [1.82, 2.24) is 24.7 Å². The molecule has 0 fully saturated rings. The van der Waals surface area contributed by atoms with Gasteiger partial charge in [0, 0.05) is 36.0 Å². The summed E-state index contributed by atoms with van der Waals surface area (Å²) in [7, 11) is 0. The Morgan fingerprint density at radius 3 is 2.53 bits per heavy atom. The number of rotatable bonds is 9. The molecule has 10 nitrogen and oxygen atoms in total. The Bertz CT molecular complexity index is 1600. The van der Waals surface area contributed by atoms with Gasteiger partial charge in [-0.25, -0.2) is 28.4 Å². The number of nitrogens with zero attached hydrogens (tertiary/aromatic N) is 5. The van der Waals surface area contributed by atoms with Gasteiger partial charge in [0.15, 0.2) is 5.65 Å². The molecule has 0 radical (unpaired) electrons. The van der Waals surface area contributed by atoms with Crippen LogP contribution in [0.3, 0.4) is 0 Å². The van der Waals surface area contributed by atoms with Crippen LogP contribution in [-0.4, -0.2) is 48.2 Å². The molecule has 5 rings (SSSR count). The Morgan fingerprint density at radius 1 is 1.03 bits per heavy atom. The molecule has 196 valence electrons. The van der Waals surface area contributed by atoms with Crippen LogP contribution in [0, 0.1) is 18.6 Å². The van der Waals surface area contributed by atoms with Gasteiger partial charge in [-0.15, -0.1) is 11.3 Å². The quantitative estimate of drug-likeness (QED) is 0.253. The number of aromatic nitrogens is 5. The van der Waals surface area contributed by atoms with Crippen molar-refractivity contribution in [2.75, 3.05) is 18.9 Å². The van der Waals surface area contributed by atoms with Gasteiger partial charge < -0.3 is 25.4 Å². The van der Waals surface area contributed by atoms with Gasteiger partial charge in [-0.3, -0.25) is 0 Å². The molecule has 5 aromatic rings. The van der Waals surface area contributed by atoms with Crippen molar-refractivity contribution in [3.63, 3.8) is 0 Å². The highest BCUT2D eigenvalue weighted by Gasteiger charge is 2.23. The van der Waals surface area contributed by atoms with E-state index in [9.17, 15) is 14.6 Å². The van der Waals surface area contributed by atoms with Gasteiger partial charge in [0.05, 0.1) is 28.5 Å². The smallest absolute Gasteiger partial charge is 0.164 e. The lowest BCUT2D eigenvalue weighted by Gasteiger charge is -2.12. The van der Waals surface area contributed by atoms with Crippen LogP contribution in [0.15, 0.2) is 48.9 Å². The molecule has 4 N–H and O–H groups in total. The van der Waals surface area contributed by atoms with E-state index in [1.807, 2.05) is 6.92 Å². The Morgan fingerprint density at radius 2 is 1.82 bits per heavy atom. The number of halogens is 2. The molecule has 0 saturated heterocycles. The number of thiazole rings is 1. The fourth-order valence-electron chi connectivity index (χ4n) is 3.84. The Balaban J connectivity index is 1.42. The predicted octanol–water partition coefficient (Wildman–Crippen LogP) is 4.02. The van der Waals surface area contributed by atoms with Crippen LogP contribution in [0.1, 0.15) is 15.9 Å². The molecule has 2 aromatic carbocycles. The first kappa shape index (κ1) is 25.4. The van der Waals surface area contributed by atoms with Crippen LogP contribution in [0.25, 0.3) is 22.3 Å². The molecule has 0 bridgehead atoms. The number of nitrogen functional groups attached to an aromatic ring is 1. The van der Waals surface area contributed by atoms with Crippen molar-refractivity contribution in [3.8, 4) is 28.5 Å². The number of aliphatic hydroxyl groups is 2. The van der Waals surface area contributed by atoms with Gasteiger partial charge in [-0.2, -0.15) is 5.10 Å². The third kappa shape index (κ3) is 5.11. The highest BCUT2D eigenvalue weighted by molar-refractivity contribution is 7.11. The van der Waals surface area contributed by atoms with Gasteiger partial charge >= 0.3 is 0 Å². The SMILES string of the molecule is Cc1ncc(COc2cc(F)cc(Oc3ccc(-c4nn(C(CO)CO)c5ncnc(N)c45)c(F)c3)c2)s1. The predicted molar refractivity (Wildman–Crippen MR) is 136 cm³/mol.